The van der Waals surface area contributed by atoms with Crippen molar-refractivity contribution in [1.82, 2.24) is 14.8 Å². The molecule has 0 aliphatic heterocycles. The molecule has 1 aromatic rings. The molecule has 19 heavy (non-hydrogen) atoms. The summed E-state index contributed by atoms with van der Waals surface area (Å²) in [6.07, 6.45) is 13.1. The molecule has 0 bridgehead atoms. The minimum absolute atomic E-state index is 0.119. The van der Waals surface area contributed by atoms with E-state index in [0.29, 0.717) is 5.92 Å². The van der Waals surface area contributed by atoms with Crippen LogP contribution in [0.2, 0.25) is 0 Å². The van der Waals surface area contributed by atoms with E-state index in [-0.39, 0.29) is 12.0 Å². The van der Waals surface area contributed by atoms with Gasteiger partial charge in [0, 0.05) is 12.3 Å². The number of hydrogen-bond acceptors (Lipinski definition) is 3. The molecule has 0 spiro atoms. The Morgan fingerprint density at radius 3 is 2.68 bits per heavy atom. The second-order valence-electron chi connectivity index (χ2n) is 6.40. The van der Waals surface area contributed by atoms with Gasteiger partial charge >= 0.3 is 0 Å². The highest BCUT2D eigenvalue weighted by Gasteiger charge is 2.21. The predicted molar refractivity (Wildman–Crippen MR) is 76.4 cm³/mol. The van der Waals surface area contributed by atoms with Gasteiger partial charge in [-0.05, 0) is 30.6 Å². The Balaban J connectivity index is 2.16. The Hall–Kier alpha value is -1.16. The third-order valence-electron chi connectivity index (χ3n) is 3.88. The lowest BCUT2D eigenvalue weighted by Crippen LogP contribution is -2.19. The Kier molecular flexibility index (Phi) is 4.75. The molecule has 0 aromatic carbocycles. The molecule has 1 fully saturated rings. The molecule has 0 amide bonds. The normalized spacial score (nSPS) is 18.8. The zero-order chi connectivity index (χ0) is 13.7. The largest absolute Gasteiger partial charge is 0.396 e. The maximum atomic E-state index is 9.47. The Morgan fingerprint density at radius 1 is 1.37 bits per heavy atom. The summed E-state index contributed by atoms with van der Waals surface area (Å²) in [6, 6.07) is 0. The van der Waals surface area contributed by atoms with Crippen molar-refractivity contribution in [3.05, 3.63) is 18.7 Å². The number of aliphatic hydroxyl groups is 1. The summed E-state index contributed by atoms with van der Waals surface area (Å²) >= 11 is 0. The molecule has 0 radical (unpaired) electrons. The van der Waals surface area contributed by atoms with Gasteiger partial charge in [-0.25, -0.2) is 9.67 Å². The van der Waals surface area contributed by atoms with Crippen LogP contribution >= 0.6 is 0 Å². The van der Waals surface area contributed by atoms with Crippen molar-refractivity contribution in [3.8, 4) is 0 Å². The minimum Gasteiger partial charge on any atom is -0.396 e. The molecule has 1 aliphatic carbocycles. The number of rotatable bonds is 5. The first kappa shape index (κ1) is 14.3. The van der Waals surface area contributed by atoms with Crippen LogP contribution in [0.1, 0.15) is 52.4 Å². The molecule has 4 nitrogen and oxygen atoms in total. The van der Waals surface area contributed by atoms with Gasteiger partial charge in [-0.15, -0.1) is 0 Å². The Bertz CT molecular complexity index is 403. The summed E-state index contributed by atoms with van der Waals surface area (Å²) in [7, 11) is 0. The first-order valence-electron chi connectivity index (χ1n) is 7.27. The molecule has 1 heterocycles. The van der Waals surface area contributed by atoms with Crippen LogP contribution in [0.4, 0.5) is 0 Å². The van der Waals surface area contributed by atoms with Gasteiger partial charge in [0.05, 0.1) is 0 Å². The third-order valence-corrected chi connectivity index (χ3v) is 3.88. The van der Waals surface area contributed by atoms with Crippen LogP contribution in [0.5, 0.6) is 0 Å². The van der Waals surface area contributed by atoms with Crippen LogP contribution in [-0.2, 0) is 0 Å². The van der Waals surface area contributed by atoms with E-state index >= 15 is 0 Å². The van der Waals surface area contributed by atoms with Crippen molar-refractivity contribution in [2.75, 3.05) is 6.61 Å². The topological polar surface area (TPSA) is 50.9 Å². The van der Waals surface area contributed by atoms with E-state index in [1.165, 1.54) is 37.8 Å². The summed E-state index contributed by atoms with van der Waals surface area (Å²) in [5.74, 6) is 0.655. The molecule has 2 rings (SSSR count). The van der Waals surface area contributed by atoms with Crippen LogP contribution in [0.25, 0.3) is 5.70 Å². The van der Waals surface area contributed by atoms with Crippen molar-refractivity contribution < 1.29 is 5.11 Å². The van der Waals surface area contributed by atoms with E-state index in [0.717, 1.165) is 6.42 Å². The quantitative estimate of drug-likeness (QED) is 0.888. The molecule has 1 aliphatic rings. The maximum Gasteiger partial charge on any atom is 0.138 e. The zero-order valence-electron chi connectivity index (χ0n) is 12.0. The molecule has 0 saturated heterocycles. The molecule has 1 aromatic heterocycles. The number of nitrogens with zero attached hydrogens (tertiary/aromatic N) is 3. The van der Waals surface area contributed by atoms with Crippen LogP contribution in [0.15, 0.2) is 18.7 Å². The lowest BCUT2D eigenvalue weighted by Gasteiger charge is -2.25. The van der Waals surface area contributed by atoms with Crippen LogP contribution in [0, 0.1) is 11.3 Å². The summed E-state index contributed by atoms with van der Waals surface area (Å²) < 4.78 is 1.85. The van der Waals surface area contributed by atoms with Crippen molar-refractivity contribution >= 4 is 5.70 Å². The molecule has 1 saturated carbocycles. The van der Waals surface area contributed by atoms with E-state index in [1.807, 2.05) is 4.68 Å². The fraction of sp³-hybridized carbons (Fsp3) is 0.733. The molecular formula is C15H25N3O. The highest BCUT2D eigenvalue weighted by atomic mass is 16.3. The van der Waals surface area contributed by atoms with Crippen molar-refractivity contribution in [1.29, 1.82) is 0 Å². The molecule has 4 heteroatoms. The predicted octanol–water partition coefficient (Wildman–Crippen LogP) is 3.11. The lowest BCUT2D eigenvalue weighted by molar-refractivity contribution is 0.162. The van der Waals surface area contributed by atoms with Gasteiger partial charge in [0.15, 0.2) is 0 Å². The van der Waals surface area contributed by atoms with Crippen LogP contribution in [0.3, 0.4) is 0 Å². The fourth-order valence-corrected chi connectivity index (χ4v) is 2.69. The highest BCUT2D eigenvalue weighted by Crippen LogP contribution is 2.31. The number of allylic oxidation sites excluding steroid dienone is 2. The van der Waals surface area contributed by atoms with Crippen molar-refractivity contribution in [2.45, 2.75) is 52.4 Å². The standard InChI is InChI=1S/C15H25N3O/c1-15(2,10-19)9-14(18-12-16-11-17-18)8-13-6-4-3-5-7-13/h8,11-13,19H,3-7,9-10H2,1-2H3. The number of aliphatic hydroxyl groups excluding tert-OH is 1. The van der Waals surface area contributed by atoms with Gasteiger partial charge in [0.1, 0.15) is 12.7 Å². The van der Waals surface area contributed by atoms with Crippen molar-refractivity contribution in [2.24, 2.45) is 11.3 Å². The van der Waals surface area contributed by atoms with E-state index in [9.17, 15) is 5.11 Å². The monoisotopic (exact) mass is 263 g/mol. The average Bonchev–Trinajstić information content (AvgIpc) is 2.93. The van der Waals surface area contributed by atoms with Crippen LogP contribution in [-0.4, -0.2) is 26.5 Å². The first-order chi connectivity index (χ1) is 9.11. The second kappa shape index (κ2) is 6.33. The molecule has 106 valence electrons. The molecule has 0 unspecified atom stereocenters. The van der Waals surface area contributed by atoms with Gasteiger partial charge in [-0.3, -0.25) is 0 Å². The first-order valence-corrected chi connectivity index (χ1v) is 7.27. The van der Waals surface area contributed by atoms with Gasteiger partial charge in [0.2, 0.25) is 0 Å². The third kappa shape index (κ3) is 4.16. The zero-order valence-corrected chi connectivity index (χ0v) is 12.0. The Labute approximate surface area is 115 Å². The SMILES string of the molecule is CC(C)(CO)CC(=CC1CCCCC1)n1cncn1. The van der Waals surface area contributed by atoms with E-state index in [2.05, 4.69) is 30.0 Å². The summed E-state index contributed by atoms with van der Waals surface area (Å²) in [4.78, 5) is 4.04. The Morgan fingerprint density at radius 2 is 2.11 bits per heavy atom. The maximum absolute atomic E-state index is 9.47. The molecular weight excluding hydrogens is 238 g/mol. The fourth-order valence-electron chi connectivity index (χ4n) is 2.69. The smallest absolute Gasteiger partial charge is 0.138 e. The number of hydrogen-bond donors (Lipinski definition) is 1. The highest BCUT2D eigenvalue weighted by molar-refractivity contribution is 5.44. The van der Waals surface area contributed by atoms with Crippen LogP contribution < -0.4 is 0 Å². The van der Waals surface area contributed by atoms with E-state index in [4.69, 9.17) is 0 Å². The summed E-state index contributed by atoms with van der Waals surface area (Å²) in [5, 5.41) is 13.7. The summed E-state index contributed by atoms with van der Waals surface area (Å²) in [5.41, 5.74) is 1.05. The van der Waals surface area contributed by atoms with Gasteiger partial charge < -0.3 is 5.11 Å². The van der Waals surface area contributed by atoms with Gasteiger partial charge in [-0.2, -0.15) is 5.10 Å². The van der Waals surface area contributed by atoms with E-state index < -0.39 is 0 Å². The van der Waals surface area contributed by atoms with Gasteiger partial charge in [-0.1, -0.05) is 39.2 Å². The molecule has 1 N–H and O–H groups in total. The number of aromatic nitrogens is 3. The average molecular weight is 263 g/mol. The summed E-state index contributed by atoms with van der Waals surface area (Å²) in [6.45, 7) is 4.35. The minimum atomic E-state index is -0.119. The second-order valence-corrected chi connectivity index (χ2v) is 6.40. The van der Waals surface area contributed by atoms with Gasteiger partial charge in [0.25, 0.3) is 0 Å². The lowest BCUT2D eigenvalue weighted by atomic mass is 9.85. The van der Waals surface area contributed by atoms with Crippen molar-refractivity contribution in [3.63, 3.8) is 0 Å². The van der Waals surface area contributed by atoms with E-state index in [1.54, 1.807) is 12.7 Å². The molecule has 0 atom stereocenters.